The number of quaternary nitrogens is 1. The minimum absolute atomic E-state index is 0. The Morgan fingerprint density at radius 3 is 2.80 bits per heavy atom. The monoisotopic (exact) mass is 267 g/mol. The Labute approximate surface area is 103 Å². The highest BCUT2D eigenvalue weighted by atomic mass is 79.9. The first kappa shape index (κ1) is 12.5. The Morgan fingerprint density at radius 2 is 2.07 bits per heavy atom. The van der Waals surface area contributed by atoms with Gasteiger partial charge in [-0.05, 0) is 19.1 Å². The van der Waals surface area contributed by atoms with Crippen LogP contribution in [0.15, 0.2) is 36.4 Å². The molecule has 0 aromatic heterocycles. The summed E-state index contributed by atoms with van der Waals surface area (Å²) in [4.78, 5) is 0. The Kier molecular flexibility index (Phi) is 4.12. The maximum Gasteiger partial charge on any atom is 0.136 e. The van der Waals surface area contributed by atoms with Gasteiger partial charge in [-0.3, -0.25) is 4.48 Å². The van der Waals surface area contributed by atoms with Crippen molar-refractivity contribution in [1.29, 1.82) is 0 Å². The lowest BCUT2D eigenvalue weighted by atomic mass is 10.2. The molecule has 1 nitrogen and oxygen atoms in total. The van der Waals surface area contributed by atoms with E-state index in [1.165, 1.54) is 24.2 Å². The van der Waals surface area contributed by atoms with Crippen molar-refractivity contribution >= 4 is 5.69 Å². The lowest BCUT2D eigenvalue weighted by Crippen LogP contribution is -3.00. The lowest BCUT2D eigenvalue weighted by molar-refractivity contribution is -0.00000298. The van der Waals surface area contributed by atoms with Gasteiger partial charge in [-0.1, -0.05) is 24.3 Å². The third-order valence-electron chi connectivity index (χ3n) is 3.19. The van der Waals surface area contributed by atoms with E-state index >= 15 is 0 Å². The number of likely N-dealkylation sites (N-methyl/N-ethyl adjacent to an activating group) is 1. The molecular formula is C13H18BrN. The molecule has 0 N–H and O–H groups in total. The average Bonchev–Trinajstić information content (AvgIpc) is 2.55. The molecule has 2 rings (SSSR count). The van der Waals surface area contributed by atoms with Crippen LogP contribution < -0.4 is 21.5 Å². The van der Waals surface area contributed by atoms with Gasteiger partial charge in [0, 0.05) is 12.0 Å². The van der Waals surface area contributed by atoms with Crippen LogP contribution in [0.3, 0.4) is 0 Å². The molecule has 0 saturated heterocycles. The van der Waals surface area contributed by atoms with Gasteiger partial charge in [-0.15, -0.1) is 0 Å². The predicted octanol–water partition coefficient (Wildman–Crippen LogP) is -0.240. The maximum absolute atomic E-state index is 2.33. The van der Waals surface area contributed by atoms with Gasteiger partial charge < -0.3 is 17.0 Å². The molecule has 1 aliphatic heterocycles. The number of halogens is 1. The van der Waals surface area contributed by atoms with E-state index in [0.717, 1.165) is 11.0 Å². The van der Waals surface area contributed by atoms with Crippen molar-refractivity contribution in [2.45, 2.75) is 13.3 Å². The van der Waals surface area contributed by atoms with E-state index in [9.17, 15) is 0 Å². The van der Waals surface area contributed by atoms with Gasteiger partial charge in [0.05, 0.1) is 13.6 Å². The Hall–Kier alpha value is -0.600. The van der Waals surface area contributed by atoms with E-state index in [2.05, 4.69) is 50.4 Å². The molecule has 2 heteroatoms. The molecule has 0 fully saturated rings. The van der Waals surface area contributed by atoms with Gasteiger partial charge in [0.1, 0.15) is 12.2 Å². The van der Waals surface area contributed by atoms with Crippen LogP contribution in [0, 0.1) is 0 Å². The van der Waals surface area contributed by atoms with E-state index in [4.69, 9.17) is 0 Å². The zero-order valence-electron chi connectivity index (χ0n) is 9.41. The normalized spacial score (nSPS) is 23.9. The van der Waals surface area contributed by atoms with Crippen LogP contribution in [0.2, 0.25) is 0 Å². The Balaban J connectivity index is 0.00000112. The van der Waals surface area contributed by atoms with E-state index in [0.29, 0.717) is 0 Å². The fourth-order valence-corrected chi connectivity index (χ4v) is 2.26. The molecule has 82 valence electrons. The Morgan fingerprint density at radius 1 is 1.33 bits per heavy atom. The Bertz CT molecular complexity index is 359. The molecule has 1 aromatic carbocycles. The SMILES string of the molecule is CC=CC[N@@+]1(C)CCc2ccccc21.[Br-]. The zero-order chi connectivity index (χ0) is 10.0. The summed E-state index contributed by atoms with van der Waals surface area (Å²) in [5.74, 6) is 0. The van der Waals surface area contributed by atoms with Crippen molar-refractivity contribution in [2.75, 3.05) is 20.1 Å². The van der Waals surface area contributed by atoms with E-state index in [-0.39, 0.29) is 17.0 Å². The summed E-state index contributed by atoms with van der Waals surface area (Å²) in [6.07, 6.45) is 5.64. The first-order valence-electron chi connectivity index (χ1n) is 5.30. The second-order valence-corrected chi connectivity index (χ2v) is 4.25. The molecule has 1 aromatic rings. The quantitative estimate of drug-likeness (QED) is 0.513. The molecular weight excluding hydrogens is 250 g/mol. The summed E-state index contributed by atoms with van der Waals surface area (Å²) in [6.45, 7) is 4.45. The van der Waals surface area contributed by atoms with E-state index in [1.54, 1.807) is 0 Å². The molecule has 15 heavy (non-hydrogen) atoms. The molecule has 1 atom stereocenters. The molecule has 0 radical (unpaired) electrons. The third kappa shape index (κ3) is 2.32. The van der Waals surface area contributed by atoms with Crippen LogP contribution >= 0.6 is 0 Å². The fourth-order valence-electron chi connectivity index (χ4n) is 2.26. The minimum Gasteiger partial charge on any atom is -1.00 e. The number of nitrogens with zero attached hydrogens (tertiary/aromatic N) is 1. The summed E-state index contributed by atoms with van der Waals surface area (Å²) >= 11 is 0. The zero-order valence-corrected chi connectivity index (χ0v) is 11.0. The average molecular weight is 268 g/mol. The van der Waals surface area contributed by atoms with Gasteiger partial charge in [-0.2, -0.15) is 0 Å². The number of hydrogen-bond donors (Lipinski definition) is 0. The van der Waals surface area contributed by atoms with Crippen LogP contribution in [-0.4, -0.2) is 20.1 Å². The predicted molar refractivity (Wildman–Crippen MR) is 62.4 cm³/mol. The highest BCUT2D eigenvalue weighted by molar-refractivity contribution is 5.54. The maximum atomic E-state index is 2.33. The molecule has 0 aliphatic carbocycles. The summed E-state index contributed by atoms with van der Waals surface area (Å²) in [5, 5.41) is 0. The molecule has 0 amide bonds. The van der Waals surface area contributed by atoms with Crippen LogP contribution in [-0.2, 0) is 6.42 Å². The third-order valence-corrected chi connectivity index (χ3v) is 3.19. The standard InChI is InChI=1S/C13H18N.BrH/c1-3-4-10-14(2)11-9-12-7-5-6-8-13(12)14;/h3-8H,9-11H2,1-2H3;1H/q+1;/p-1/t14-;/m0./s1. The van der Waals surface area contributed by atoms with E-state index < -0.39 is 0 Å². The van der Waals surface area contributed by atoms with Crippen molar-refractivity contribution in [2.24, 2.45) is 0 Å². The number of benzene rings is 1. The number of para-hydroxylation sites is 1. The first-order valence-corrected chi connectivity index (χ1v) is 5.30. The number of fused-ring (bicyclic) bond motifs is 1. The van der Waals surface area contributed by atoms with Gasteiger partial charge in [0.2, 0.25) is 0 Å². The van der Waals surface area contributed by atoms with Crippen LogP contribution in [0.5, 0.6) is 0 Å². The van der Waals surface area contributed by atoms with Gasteiger partial charge in [0.25, 0.3) is 0 Å². The molecule has 0 spiro atoms. The minimum atomic E-state index is 0. The topological polar surface area (TPSA) is 0 Å². The molecule has 1 aliphatic rings. The summed E-state index contributed by atoms with van der Waals surface area (Å²) < 4.78 is 1.07. The highest BCUT2D eigenvalue weighted by Crippen LogP contribution is 2.32. The van der Waals surface area contributed by atoms with Crippen LogP contribution in [0.25, 0.3) is 0 Å². The first-order chi connectivity index (χ1) is 6.76. The van der Waals surface area contributed by atoms with Crippen LogP contribution in [0.1, 0.15) is 12.5 Å². The van der Waals surface area contributed by atoms with Crippen molar-refractivity contribution in [3.63, 3.8) is 0 Å². The molecule has 0 bridgehead atoms. The molecule has 0 unspecified atom stereocenters. The second kappa shape index (κ2) is 4.95. The number of hydrogen-bond acceptors (Lipinski definition) is 0. The number of allylic oxidation sites excluding steroid dienone is 1. The van der Waals surface area contributed by atoms with Crippen molar-refractivity contribution < 1.29 is 17.0 Å². The van der Waals surface area contributed by atoms with Gasteiger partial charge in [0.15, 0.2) is 0 Å². The van der Waals surface area contributed by atoms with Crippen molar-refractivity contribution in [3.05, 3.63) is 42.0 Å². The fraction of sp³-hybridized carbons (Fsp3) is 0.385. The summed E-state index contributed by atoms with van der Waals surface area (Å²) in [7, 11) is 2.33. The lowest BCUT2D eigenvalue weighted by Gasteiger charge is -2.28. The van der Waals surface area contributed by atoms with Crippen molar-refractivity contribution in [1.82, 2.24) is 4.48 Å². The number of rotatable bonds is 2. The highest BCUT2D eigenvalue weighted by Gasteiger charge is 2.32. The van der Waals surface area contributed by atoms with Gasteiger partial charge in [-0.25, -0.2) is 0 Å². The molecule has 0 saturated carbocycles. The van der Waals surface area contributed by atoms with E-state index in [1.807, 2.05) is 0 Å². The second-order valence-electron chi connectivity index (χ2n) is 4.25. The van der Waals surface area contributed by atoms with Crippen LogP contribution in [0.4, 0.5) is 5.69 Å². The molecule has 1 heterocycles. The van der Waals surface area contributed by atoms with Crippen molar-refractivity contribution in [3.8, 4) is 0 Å². The smallest absolute Gasteiger partial charge is 0.136 e. The summed E-state index contributed by atoms with van der Waals surface area (Å²) in [6, 6.07) is 8.82. The van der Waals surface area contributed by atoms with Gasteiger partial charge >= 0.3 is 0 Å². The summed E-state index contributed by atoms with van der Waals surface area (Å²) in [5.41, 5.74) is 3.03. The largest absolute Gasteiger partial charge is 1.00 e.